The van der Waals surface area contributed by atoms with Gasteiger partial charge in [-0.15, -0.1) is 0 Å². The van der Waals surface area contributed by atoms with Gasteiger partial charge in [-0.1, -0.05) is 23.7 Å². The fraction of sp³-hybridized carbons (Fsp3) is 0.286. The van der Waals surface area contributed by atoms with Crippen LogP contribution in [0.5, 0.6) is 0 Å². The Bertz CT molecular complexity index is 582. The Balaban J connectivity index is 1.88. The van der Waals surface area contributed by atoms with Gasteiger partial charge in [0.15, 0.2) is 0 Å². The Morgan fingerprint density at radius 1 is 1.47 bits per heavy atom. The molecule has 0 bridgehead atoms. The van der Waals surface area contributed by atoms with E-state index in [1.165, 1.54) is 0 Å². The number of likely N-dealkylation sites (tertiary alicyclic amines) is 1. The number of halogens is 1. The van der Waals surface area contributed by atoms with Gasteiger partial charge in [-0.25, -0.2) is 0 Å². The lowest BCUT2D eigenvalue weighted by Crippen LogP contribution is -2.30. The van der Waals surface area contributed by atoms with E-state index in [9.17, 15) is 4.79 Å². The largest absolute Gasteiger partial charge is 0.332 e. The summed E-state index contributed by atoms with van der Waals surface area (Å²) in [4.78, 5) is 14.3. The molecule has 5 heteroatoms. The second kappa shape index (κ2) is 5.05. The minimum atomic E-state index is 0.0243. The number of nitrogens with zero attached hydrogens (tertiary/aromatic N) is 2. The molecule has 1 fully saturated rings. The topological polar surface area (TPSA) is 49.0 Å². The van der Waals surface area contributed by atoms with Crippen molar-refractivity contribution in [2.45, 2.75) is 18.9 Å². The molecule has 1 aromatic heterocycles. The Kier molecular flexibility index (Phi) is 3.25. The van der Waals surface area contributed by atoms with E-state index in [-0.39, 0.29) is 11.9 Å². The fourth-order valence-electron chi connectivity index (χ4n) is 2.60. The van der Waals surface area contributed by atoms with Crippen LogP contribution in [-0.4, -0.2) is 27.5 Å². The van der Waals surface area contributed by atoms with Crippen LogP contribution < -0.4 is 0 Å². The highest BCUT2D eigenvalue weighted by Gasteiger charge is 2.30. The molecule has 2 aromatic rings. The Hall–Kier alpha value is -1.81. The second-order valence-electron chi connectivity index (χ2n) is 4.70. The van der Waals surface area contributed by atoms with Crippen LogP contribution >= 0.6 is 11.6 Å². The van der Waals surface area contributed by atoms with Crippen LogP contribution in [0.2, 0.25) is 5.02 Å². The van der Waals surface area contributed by atoms with Crippen LogP contribution in [-0.2, 0) is 0 Å². The van der Waals surface area contributed by atoms with E-state index in [1.807, 2.05) is 29.2 Å². The minimum absolute atomic E-state index is 0.0243. The number of benzene rings is 1. The first-order chi connectivity index (χ1) is 9.25. The van der Waals surface area contributed by atoms with Gasteiger partial charge in [0.05, 0.1) is 17.8 Å². The Morgan fingerprint density at radius 2 is 2.37 bits per heavy atom. The normalized spacial score (nSPS) is 18.8. The molecule has 1 amide bonds. The molecule has 1 aliphatic heterocycles. The summed E-state index contributed by atoms with van der Waals surface area (Å²) in [6.45, 7) is 0.779. The number of nitrogens with one attached hydrogen (secondary N) is 1. The van der Waals surface area contributed by atoms with Crippen molar-refractivity contribution < 1.29 is 4.79 Å². The molecule has 3 rings (SSSR count). The van der Waals surface area contributed by atoms with Crippen LogP contribution in [0.25, 0.3) is 0 Å². The predicted molar refractivity (Wildman–Crippen MR) is 73.1 cm³/mol. The van der Waals surface area contributed by atoms with Crippen molar-refractivity contribution in [2.75, 3.05) is 6.54 Å². The average Bonchev–Trinajstić information content (AvgIpc) is 3.09. The number of rotatable bonds is 2. The van der Waals surface area contributed by atoms with Gasteiger partial charge in [0.25, 0.3) is 5.91 Å². The molecule has 1 atom stereocenters. The molecular formula is C14H14ClN3O. The molecule has 0 saturated carbocycles. The van der Waals surface area contributed by atoms with Gasteiger partial charge in [-0.2, -0.15) is 5.10 Å². The van der Waals surface area contributed by atoms with Crippen molar-refractivity contribution in [3.63, 3.8) is 0 Å². The quantitative estimate of drug-likeness (QED) is 0.916. The van der Waals surface area contributed by atoms with E-state index in [0.717, 1.165) is 24.9 Å². The highest BCUT2D eigenvalue weighted by molar-refractivity contribution is 6.30. The highest BCUT2D eigenvalue weighted by atomic mass is 35.5. The molecule has 1 saturated heterocycles. The standard InChI is InChI=1S/C14H14ClN3O/c15-12-4-1-3-10(7-12)13-5-2-6-18(13)14(19)11-8-16-17-9-11/h1,3-4,7-9,13H,2,5-6H2,(H,16,17). The van der Waals surface area contributed by atoms with E-state index in [4.69, 9.17) is 11.6 Å². The summed E-state index contributed by atoms with van der Waals surface area (Å²) >= 11 is 6.03. The van der Waals surface area contributed by atoms with Gasteiger partial charge in [-0.3, -0.25) is 9.89 Å². The summed E-state index contributed by atoms with van der Waals surface area (Å²) < 4.78 is 0. The van der Waals surface area contributed by atoms with Crippen molar-refractivity contribution in [3.8, 4) is 0 Å². The number of hydrogen-bond acceptors (Lipinski definition) is 2. The first-order valence-corrected chi connectivity index (χ1v) is 6.69. The maximum Gasteiger partial charge on any atom is 0.257 e. The van der Waals surface area contributed by atoms with Crippen LogP contribution in [0.15, 0.2) is 36.7 Å². The highest BCUT2D eigenvalue weighted by Crippen LogP contribution is 2.33. The summed E-state index contributed by atoms with van der Waals surface area (Å²) in [6.07, 6.45) is 5.19. The summed E-state index contributed by atoms with van der Waals surface area (Å²) in [5.41, 5.74) is 1.70. The van der Waals surface area contributed by atoms with Gasteiger partial charge < -0.3 is 4.90 Å². The monoisotopic (exact) mass is 275 g/mol. The first kappa shape index (κ1) is 12.2. The third kappa shape index (κ3) is 2.36. The zero-order valence-corrected chi connectivity index (χ0v) is 11.1. The van der Waals surface area contributed by atoms with Crippen molar-refractivity contribution in [1.82, 2.24) is 15.1 Å². The van der Waals surface area contributed by atoms with E-state index >= 15 is 0 Å². The van der Waals surface area contributed by atoms with Gasteiger partial charge in [0, 0.05) is 17.8 Å². The zero-order valence-electron chi connectivity index (χ0n) is 10.3. The van der Waals surface area contributed by atoms with E-state index in [1.54, 1.807) is 12.4 Å². The van der Waals surface area contributed by atoms with E-state index < -0.39 is 0 Å². The fourth-order valence-corrected chi connectivity index (χ4v) is 2.80. The van der Waals surface area contributed by atoms with E-state index in [0.29, 0.717) is 10.6 Å². The summed E-state index contributed by atoms with van der Waals surface area (Å²) in [6, 6.07) is 7.85. The van der Waals surface area contributed by atoms with E-state index in [2.05, 4.69) is 10.2 Å². The number of aromatic amines is 1. The maximum atomic E-state index is 12.4. The number of carbonyl (C=O) groups excluding carboxylic acids is 1. The number of hydrogen-bond donors (Lipinski definition) is 1. The first-order valence-electron chi connectivity index (χ1n) is 6.31. The number of H-pyrrole nitrogens is 1. The van der Waals surface area contributed by atoms with Crippen LogP contribution in [0.1, 0.15) is 34.8 Å². The van der Waals surface area contributed by atoms with Crippen LogP contribution in [0.4, 0.5) is 0 Å². The summed E-state index contributed by atoms with van der Waals surface area (Å²) in [5, 5.41) is 7.22. The Labute approximate surface area is 116 Å². The van der Waals surface area contributed by atoms with Crippen molar-refractivity contribution >= 4 is 17.5 Å². The zero-order chi connectivity index (χ0) is 13.2. The molecule has 98 valence electrons. The second-order valence-corrected chi connectivity index (χ2v) is 5.13. The third-order valence-electron chi connectivity index (χ3n) is 3.49. The molecule has 0 radical (unpaired) electrons. The van der Waals surface area contributed by atoms with Gasteiger partial charge in [0.1, 0.15) is 0 Å². The van der Waals surface area contributed by atoms with Gasteiger partial charge >= 0.3 is 0 Å². The molecule has 0 aliphatic carbocycles. The maximum absolute atomic E-state index is 12.4. The SMILES string of the molecule is O=C(c1cn[nH]c1)N1CCCC1c1cccc(Cl)c1. The number of aromatic nitrogens is 2. The van der Waals surface area contributed by atoms with Crippen LogP contribution in [0.3, 0.4) is 0 Å². The molecule has 1 unspecified atom stereocenters. The van der Waals surface area contributed by atoms with Gasteiger partial charge in [0.2, 0.25) is 0 Å². The molecule has 19 heavy (non-hydrogen) atoms. The molecular weight excluding hydrogens is 262 g/mol. The molecule has 1 N–H and O–H groups in total. The van der Waals surface area contributed by atoms with Gasteiger partial charge in [-0.05, 0) is 30.5 Å². The summed E-state index contributed by atoms with van der Waals surface area (Å²) in [5.74, 6) is 0.0243. The lowest BCUT2D eigenvalue weighted by molar-refractivity contribution is 0.0735. The Morgan fingerprint density at radius 3 is 3.11 bits per heavy atom. The molecule has 0 spiro atoms. The third-order valence-corrected chi connectivity index (χ3v) is 3.73. The lowest BCUT2D eigenvalue weighted by Gasteiger charge is -2.24. The molecule has 4 nitrogen and oxygen atoms in total. The number of carbonyl (C=O) groups is 1. The smallest absolute Gasteiger partial charge is 0.257 e. The minimum Gasteiger partial charge on any atom is -0.332 e. The lowest BCUT2D eigenvalue weighted by atomic mass is 10.0. The predicted octanol–water partition coefficient (Wildman–Crippen LogP) is 3.04. The molecule has 1 aromatic carbocycles. The molecule has 2 heterocycles. The average molecular weight is 276 g/mol. The van der Waals surface area contributed by atoms with Crippen LogP contribution in [0, 0.1) is 0 Å². The summed E-state index contributed by atoms with van der Waals surface area (Å²) in [7, 11) is 0. The number of amides is 1. The van der Waals surface area contributed by atoms with Crippen molar-refractivity contribution in [1.29, 1.82) is 0 Å². The molecule has 1 aliphatic rings. The van der Waals surface area contributed by atoms with Crippen molar-refractivity contribution in [2.24, 2.45) is 0 Å². The van der Waals surface area contributed by atoms with Crippen molar-refractivity contribution in [3.05, 3.63) is 52.8 Å².